The second kappa shape index (κ2) is 7.28. The molecule has 122 valence electrons. The van der Waals surface area contributed by atoms with Gasteiger partial charge in [0, 0.05) is 18.4 Å². The number of ether oxygens (including phenoxy) is 1. The number of sulfone groups is 1. The molecule has 0 bridgehead atoms. The van der Waals surface area contributed by atoms with Gasteiger partial charge in [0.05, 0.1) is 12.0 Å². The van der Waals surface area contributed by atoms with Crippen LogP contribution in [0.1, 0.15) is 15.9 Å². The number of benzene rings is 2. The van der Waals surface area contributed by atoms with E-state index in [1.165, 1.54) is 24.3 Å². The van der Waals surface area contributed by atoms with Crippen molar-refractivity contribution in [3.8, 4) is 5.75 Å². The van der Waals surface area contributed by atoms with E-state index >= 15 is 0 Å². The Bertz CT molecular complexity index is 765. The summed E-state index contributed by atoms with van der Waals surface area (Å²) in [5.74, 6) is 0.572. The van der Waals surface area contributed by atoms with Crippen LogP contribution in [0, 0.1) is 0 Å². The zero-order valence-electron chi connectivity index (χ0n) is 13.1. The van der Waals surface area contributed by atoms with Gasteiger partial charge in [-0.1, -0.05) is 12.1 Å². The maximum atomic E-state index is 12.0. The van der Waals surface area contributed by atoms with Crippen molar-refractivity contribution in [1.82, 2.24) is 5.32 Å². The molecule has 0 aliphatic rings. The van der Waals surface area contributed by atoms with E-state index < -0.39 is 9.84 Å². The normalized spacial score (nSPS) is 11.0. The Kier molecular flexibility index (Phi) is 5.39. The van der Waals surface area contributed by atoms with Crippen LogP contribution in [0.2, 0.25) is 0 Å². The predicted molar refractivity (Wildman–Crippen MR) is 88.6 cm³/mol. The van der Waals surface area contributed by atoms with Crippen molar-refractivity contribution in [2.75, 3.05) is 19.9 Å². The van der Waals surface area contributed by atoms with Crippen LogP contribution in [0.3, 0.4) is 0 Å². The van der Waals surface area contributed by atoms with Gasteiger partial charge in [-0.2, -0.15) is 0 Å². The molecule has 0 saturated carbocycles. The molecule has 0 spiro atoms. The first-order valence-corrected chi connectivity index (χ1v) is 9.00. The third-order valence-corrected chi connectivity index (χ3v) is 4.53. The molecular formula is C17H19NO4S. The smallest absolute Gasteiger partial charge is 0.251 e. The van der Waals surface area contributed by atoms with Gasteiger partial charge in [-0.15, -0.1) is 0 Å². The number of hydrogen-bond donors (Lipinski definition) is 1. The van der Waals surface area contributed by atoms with Crippen LogP contribution in [0.4, 0.5) is 0 Å². The van der Waals surface area contributed by atoms with Gasteiger partial charge in [-0.3, -0.25) is 4.79 Å². The molecule has 2 aromatic rings. The van der Waals surface area contributed by atoms with Gasteiger partial charge < -0.3 is 10.1 Å². The van der Waals surface area contributed by atoms with Crippen LogP contribution < -0.4 is 10.1 Å². The van der Waals surface area contributed by atoms with Crippen LogP contribution >= 0.6 is 0 Å². The van der Waals surface area contributed by atoms with Crippen molar-refractivity contribution in [3.63, 3.8) is 0 Å². The average molecular weight is 333 g/mol. The van der Waals surface area contributed by atoms with Gasteiger partial charge >= 0.3 is 0 Å². The number of amides is 1. The molecule has 0 aliphatic heterocycles. The average Bonchev–Trinajstić information content (AvgIpc) is 2.54. The first kappa shape index (κ1) is 17.0. The first-order valence-electron chi connectivity index (χ1n) is 7.11. The van der Waals surface area contributed by atoms with E-state index in [1.807, 2.05) is 24.3 Å². The van der Waals surface area contributed by atoms with Gasteiger partial charge in [-0.25, -0.2) is 8.42 Å². The third kappa shape index (κ3) is 4.82. The fourth-order valence-corrected chi connectivity index (χ4v) is 2.70. The number of nitrogens with one attached hydrogen (secondary N) is 1. The summed E-state index contributed by atoms with van der Waals surface area (Å²) in [6.07, 6.45) is 1.84. The Hall–Kier alpha value is -2.34. The lowest BCUT2D eigenvalue weighted by molar-refractivity contribution is 0.0954. The van der Waals surface area contributed by atoms with Gasteiger partial charge in [0.25, 0.3) is 5.91 Å². The maximum Gasteiger partial charge on any atom is 0.251 e. The Morgan fingerprint density at radius 1 is 1.04 bits per heavy atom. The van der Waals surface area contributed by atoms with Crippen LogP contribution in [0.25, 0.3) is 0 Å². The molecule has 0 heterocycles. The van der Waals surface area contributed by atoms with Crippen molar-refractivity contribution in [1.29, 1.82) is 0 Å². The highest BCUT2D eigenvalue weighted by Crippen LogP contribution is 2.12. The van der Waals surface area contributed by atoms with E-state index in [2.05, 4.69) is 5.32 Å². The maximum absolute atomic E-state index is 12.0. The van der Waals surface area contributed by atoms with E-state index in [0.717, 1.165) is 17.6 Å². The van der Waals surface area contributed by atoms with Crippen molar-refractivity contribution in [2.45, 2.75) is 11.3 Å². The summed E-state index contributed by atoms with van der Waals surface area (Å²) >= 11 is 0. The van der Waals surface area contributed by atoms with Gasteiger partial charge in [0.15, 0.2) is 9.84 Å². The summed E-state index contributed by atoms with van der Waals surface area (Å²) in [6.45, 7) is 0.499. The lowest BCUT2D eigenvalue weighted by atomic mass is 10.1. The highest BCUT2D eigenvalue weighted by Gasteiger charge is 2.09. The van der Waals surface area contributed by atoms with Crippen molar-refractivity contribution in [3.05, 3.63) is 59.7 Å². The molecule has 5 nitrogen and oxygen atoms in total. The molecular weight excluding hydrogens is 314 g/mol. The number of carbonyl (C=O) groups is 1. The minimum Gasteiger partial charge on any atom is -0.497 e. The Morgan fingerprint density at radius 3 is 2.17 bits per heavy atom. The van der Waals surface area contributed by atoms with E-state index in [-0.39, 0.29) is 10.8 Å². The Morgan fingerprint density at radius 2 is 1.65 bits per heavy atom. The summed E-state index contributed by atoms with van der Waals surface area (Å²) < 4.78 is 27.8. The monoisotopic (exact) mass is 333 g/mol. The quantitative estimate of drug-likeness (QED) is 0.878. The molecule has 0 unspecified atom stereocenters. The van der Waals surface area contributed by atoms with Crippen molar-refractivity contribution >= 4 is 15.7 Å². The molecule has 0 radical (unpaired) electrons. The molecule has 0 fully saturated rings. The van der Waals surface area contributed by atoms with E-state index in [0.29, 0.717) is 18.5 Å². The summed E-state index contributed by atoms with van der Waals surface area (Å²) in [5, 5.41) is 2.81. The molecule has 2 aromatic carbocycles. The minimum atomic E-state index is -3.25. The second-order valence-electron chi connectivity index (χ2n) is 5.15. The number of carbonyl (C=O) groups excluding carboxylic acids is 1. The van der Waals surface area contributed by atoms with Crippen molar-refractivity contribution in [2.24, 2.45) is 0 Å². The lowest BCUT2D eigenvalue weighted by Gasteiger charge is -2.07. The van der Waals surface area contributed by atoms with E-state index in [4.69, 9.17) is 4.74 Å². The predicted octanol–water partition coefficient (Wildman–Crippen LogP) is 2.07. The molecule has 0 saturated heterocycles. The molecule has 23 heavy (non-hydrogen) atoms. The third-order valence-electron chi connectivity index (χ3n) is 3.40. The van der Waals surface area contributed by atoms with Gasteiger partial charge in [-0.05, 0) is 48.4 Å². The Labute approximate surface area is 136 Å². The fourth-order valence-electron chi connectivity index (χ4n) is 2.07. The summed E-state index contributed by atoms with van der Waals surface area (Å²) in [6, 6.07) is 13.6. The highest BCUT2D eigenvalue weighted by molar-refractivity contribution is 7.90. The molecule has 6 heteroatoms. The van der Waals surface area contributed by atoms with Crippen LogP contribution in [0.5, 0.6) is 5.75 Å². The van der Waals surface area contributed by atoms with Gasteiger partial charge in [0.2, 0.25) is 0 Å². The molecule has 0 aliphatic carbocycles. The van der Waals surface area contributed by atoms with Crippen LogP contribution in [-0.2, 0) is 16.3 Å². The zero-order chi connectivity index (χ0) is 16.9. The summed E-state index contributed by atoms with van der Waals surface area (Å²) in [7, 11) is -1.63. The lowest BCUT2D eigenvalue weighted by Crippen LogP contribution is -2.25. The molecule has 1 N–H and O–H groups in total. The minimum absolute atomic E-state index is 0.201. The number of rotatable bonds is 6. The van der Waals surface area contributed by atoms with Crippen molar-refractivity contribution < 1.29 is 17.9 Å². The standard InChI is InChI=1S/C17H19NO4S/c1-22-15-7-3-13(4-8-15)11-12-18-17(19)14-5-9-16(10-6-14)23(2,20)21/h3-10H,11-12H2,1-2H3,(H,18,19). The summed E-state index contributed by atoms with van der Waals surface area (Å²) in [5.41, 5.74) is 1.53. The largest absolute Gasteiger partial charge is 0.497 e. The second-order valence-corrected chi connectivity index (χ2v) is 7.17. The van der Waals surface area contributed by atoms with E-state index in [9.17, 15) is 13.2 Å². The number of methoxy groups -OCH3 is 1. The topological polar surface area (TPSA) is 72.5 Å². The highest BCUT2D eigenvalue weighted by atomic mass is 32.2. The molecule has 2 rings (SSSR count). The fraction of sp³-hybridized carbons (Fsp3) is 0.235. The SMILES string of the molecule is COc1ccc(CCNC(=O)c2ccc(S(C)(=O)=O)cc2)cc1. The van der Waals surface area contributed by atoms with Crippen LogP contribution in [0.15, 0.2) is 53.4 Å². The van der Waals surface area contributed by atoms with E-state index in [1.54, 1.807) is 7.11 Å². The Balaban J connectivity index is 1.89. The molecule has 1 amide bonds. The molecule has 0 aromatic heterocycles. The zero-order valence-corrected chi connectivity index (χ0v) is 13.9. The summed E-state index contributed by atoms with van der Waals surface area (Å²) in [4.78, 5) is 12.2. The first-order chi connectivity index (χ1) is 10.9. The van der Waals surface area contributed by atoms with Crippen LogP contribution in [-0.4, -0.2) is 34.2 Å². The number of hydrogen-bond acceptors (Lipinski definition) is 4. The van der Waals surface area contributed by atoms with Gasteiger partial charge in [0.1, 0.15) is 5.75 Å². The molecule has 0 atom stereocenters.